The monoisotopic (exact) mass is 290 g/mol. The fourth-order valence-corrected chi connectivity index (χ4v) is 1.73. The van der Waals surface area contributed by atoms with Crippen molar-refractivity contribution in [3.8, 4) is 5.75 Å². The summed E-state index contributed by atoms with van der Waals surface area (Å²) in [6.07, 6.45) is 1.92. The zero-order valence-electron chi connectivity index (χ0n) is 11.1. The molecular formula is C15H15ClN2O2. The molecule has 2 aromatic rings. The van der Waals surface area contributed by atoms with Crippen molar-refractivity contribution in [2.45, 2.75) is 13.3 Å². The van der Waals surface area contributed by atoms with Crippen LogP contribution in [0.2, 0.25) is 5.02 Å². The molecule has 0 fully saturated rings. The van der Waals surface area contributed by atoms with Gasteiger partial charge in [0.15, 0.2) is 0 Å². The van der Waals surface area contributed by atoms with Crippen LogP contribution in [0.1, 0.15) is 12.0 Å². The molecule has 0 aliphatic rings. The molecule has 1 aromatic heterocycles. The van der Waals surface area contributed by atoms with E-state index in [0.29, 0.717) is 23.2 Å². The van der Waals surface area contributed by atoms with Gasteiger partial charge in [-0.3, -0.25) is 4.79 Å². The van der Waals surface area contributed by atoms with E-state index in [9.17, 15) is 4.79 Å². The van der Waals surface area contributed by atoms with E-state index in [1.54, 1.807) is 30.5 Å². The van der Waals surface area contributed by atoms with E-state index in [1.165, 1.54) is 0 Å². The summed E-state index contributed by atoms with van der Waals surface area (Å²) < 4.78 is 5.45. The molecule has 0 bridgehead atoms. The Kier molecular flexibility index (Phi) is 4.96. The SMILES string of the molecule is Cc1ccnc(NC(=O)CCOc2ccc(Cl)cc2)c1. The molecule has 5 heteroatoms. The number of benzene rings is 1. The van der Waals surface area contributed by atoms with E-state index >= 15 is 0 Å². The highest BCUT2D eigenvalue weighted by atomic mass is 35.5. The molecule has 2 rings (SSSR count). The number of nitrogens with zero attached hydrogens (tertiary/aromatic N) is 1. The average molecular weight is 291 g/mol. The Morgan fingerprint density at radius 2 is 2.05 bits per heavy atom. The summed E-state index contributed by atoms with van der Waals surface area (Å²) in [4.78, 5) is 15.8. The first-order chi connectivity index (χ1) is 9.63. The van der Waals surface area contributed by atoms with Crippen LogP contribution >= 0.6 is 11.6 Å². The largest absolute Gasteiger partial charge is 0.493 e. The lowest BCUT2D eigenvalue weighted by Gasteiger charge is -2.07. The van der Waals surface area contributed by atoms with Gasteiger partial charge in [-0.1, -0.05) is 11.6 Å². The summed E-state index contributed by atoms with van der Waals surface area (Å²) in [6, 6.07) is 10.7. The van der Waals surface area contributed by atoms with Gasteiger partial charge >= 0.3 is 0 Å². The Bertz CT molecular complexity index is 585. The molecule has 0 aliphatic heterocycles. The van der Waals surface area contributed by atoms with Crippen molar-refractivity contribution in [1.29, 1.82) is 0 Å². The number of hydrogen-bond donors (Lipinski definition) is 1. The van der Waals surface area contributed by atoms with E-state index in [0.717, 1.165) is 5.56 Å². The second kappa shape index (κ2) is 6.91. The number of amides is 1. The summed E-state index contributed by atoms with van der Waals surface area (Å²) in [6.45, 7) is 2.25. The number of nitrogens with one attached hydrogen (secondary N) is 1. The van der Waals surface area contributed by atoms with Crippen molar-refractivity contribution < 1.29 is 9.53 Å². The minimum Gasteiger partial charge on any atom is -0.493 e. The highest BCUT2D eigenvalue weighted by Gasteiger charge is 2.04. The third kappa shape index (κ3) is 4.55. The van der Waals surface area contributed by atoms with Gasteiger partial charge in [0.1, 0.15) is 11.6 Å². The summed E-state index contributed by atoms with van der Waals surface area (Å²) in [5, 5.41) is 3.38. The smallest absolute Gasteiger partial charge is 0.228 e. The summed E-state index contributed by atoms with van der Waals surface area (Å²) in [5.74, 6) is 1.12. The van der Waals surface area contributed by atoms with Crippen LogP contribution in [0, 0.1) is 6.92 Å². The van der Waals surface area contributed by atoms with Gasteiger partial charge in [0.05, 0.1) is 13.0 Å². The van der Waals surface area contributed by atoms with E-state index in [2.05, 4.69) is 10.3 Å². The van der Waals surface area contributed by atoms with E-state index < -0.39 is 0 Å². The molecule has 0 aliphatic carbocycles. The zero-order valence-corrected chi connectivity index (χ0v) is 11.9. The molecule has 0 unspecified atom stereocenters. The average Bonchev–Trinajstić information content (AvgIpc) is 2.41. The second-order valence-electron chi connectivity index (χ2n) is 4.32. The molecule has 0 atom stereocenters. The van der Waals surface area contributed by atoms with Crippen molar-refractivity contribution in [2.75, 3.05) is 11.9 Å². The van der Waals surface area contributed by atoms with Crippen molar-refractivity contribution >= 4 is 23.3 Å². The van der Waals surface area contributed by atoms with Crippen molar-refractivity contribution in [3.63, 3.8) is 0 Å². The lowest BCUT2D eigenvalue weighted by molar-refractivity contribution is -0.116. The van der Waals surface area contributed by atoms with Crippen LogP contribution in [0.25, 0.3) is 0 Å². The lowest BCUT2D eigenvalue weighted by atomic mass is 10.3. The van der Waals surface area contributed by atoms with Crippen LogP contribution in [0.15, 0.2) is 42.6 Å². The fraction of sp³-hybridized carbons (Fsp3) is 0.200. The van der Waals surface area contributed by atoms with Gasteiger partial charge in [0, 0.05) is 11.2 Å². The van der Waals surface area contributed by atoms with Crippen LogP contribution in [0.5, 0.6) is 5.75 Å². The Morgan fingerprint density at radius 3 is 2.75 bits per heavy atom. The van der Waals surface area contributed by atoms with Gasteiger partial charge in [0.25, 0.3) is 0 Å². The number of rotatable bonds is 5. The summed E-state index contributed by atoms with van der Waals surface area (Å²) in [7, 11) is 0. The van der Waals surface area contributed by atoms with Crippen LogP contribution in [0.4, 0.5) is 5.82 Å². The number of aryl methyl sites for hydroxylation is 1. The number of aromatic nitrogens is 1. The minimum absolute atomic E-state index is 0.128. The zero-order chi connectivity index (χ0) is 14.4. The first-order valence-electron chi connectivity index (χ1n) is 6.24. The molecule has 0 saturated carbocycles. The Hall–Kier alpha value is -2.07. The molecule has 4 nitrogen and oxygen atoms in total. The standard InChI is InChI=1S/C15H15ClN2O2/c1-11-6-8-17-14(10-11)18-15(19)7-9-20-13-4-2-12(16)3-5-13/h2-6,8,10H,7,9H2,1H3,(H,17,18,19). The Balaban J connectivity index is 1.76. The van der Waals surface area contributed by atoms with E-state index in [-0.39, 0.29) is 12.3 Å². The van der Waals surface area contributed by atoms with Crippen molar-refractivity contribution in [3.05, 3.63) is 53.2 Å². The molecule has 1 aromatic carbocycles. The van der Waals surface area contributed by atoms with Crippen LogP contribution in [0.3, 0.4) is 0 Å². The molecule has 20 heavy (non-hydrogen) atoms. The van der Waals surface area contributed by atoms with Gasteiger partial charge in [-0.2, -0.15) is 0 Å². The Labute approximate surface area is 122 Å². The van der Waals surface area contributed by atoms with E-state index in [4.69, 9.17) is 16.3 Å². The van der Waals surface area contributed by atoms with Crippen LogP contribution < -0.4 is 10.1 Å². The summed E-state index contributed by atoms with van der Waals surface area (Å²) in [5.41, 5.74) is 1.05. The molecule has 104 valence electrons. The van der Waals surface area contributed by atoms with Crippen molar-refractivity contribution in [1.82, 2.24) is 4.98 Å². The Morgan fingerprint density at radius 1 is 1.30 bits per heavy atom. The molecular weight excluding hydrogens is 276 g/mol. The molecule has 0 saturated heterocycles. The number of pyridine rings is 1. The molecule has 0 spiro atoms. The van der Waals surface area contributed by atoms with Gasteiger partial charge in [-0.15, -0.1) is 0 Å². The number of carbonyl (C=O) groups is 1. The van der Waals surface area contributed by atoms with Gasteiger partial charge in [-0.25, -0.2) is 4.98 Å². The maximum absolute atomic E-state index is 11.7. The number of ether oxygens (including phenoxy) is 1. The number of halogens is 1. The first kappa shape index (κ1) is 14.3. The van der Waals surface area contributed by atoms with Gasteiger partial charge < -0.3 is 10.1 Å². The third-order valence-corrected chi connectivity index (χ3v) is 2.85. The molecule has 0 radical (unpaired) electrons. The normalized spacial score (nSPS) is 10.1. The topological polar surface area (TPSA) is 51.2 Å². The maximum Gasteiger partial charge on any atom is 0.228 e. The highest BCUT2D eigenvalue weighted by Crippen LogP contribution is 2.15. The number of hydrogen-bond acceptors (Lipinski definition) is 3. The highest BCUT2D eigenvalue weighted by molar-refractivity contribution is 6.30. The van der Waals surface area contributed by atoms with Gasteiger partial charge in [-0.05, 0) is 48.9 Å². The van der Waals surface area contributed by atoms with Crippen LogP contribution in [-0.4, -0.2) is 17.5 Å². The third-order valence-electron chi connectivity index (χ3n) is 2.59. The lowest BCUT2D eigenvalue weighted by Crippen LogP contribution is -2.16. The van der Waals surface area contributed by atoms with Crippen molar-refractivity contribution in [2.24, 2.45) is 0 Å². The van der Waals surface area contributed by atoms with Gasteiger partial charge in [0.2, 0.25) is 5.91 Å². The number of anilines is 1. The second-order valence-corrected chi connectivity index (χ2v) is 4.76. The fourth-order valence-electron chi connectivity index (χ4n) is 1.60. The summed E-state index contributed by atoms with van der Waals surface area (Å²) >= 11 is 5.77. The molecule has 1 amide bonds. The molecule has 1 N–H and O–H groups in total. The van der Waals surface area contributed by atoms with E-state index in [1.807, 2.05) is 19.1 Å². The maximum atomic E-state index is 11.7. The first-order valence-corrected chi connectivity index (χ1v) is 6.62. The molecule has 1 heterocycles. The predicted octanol–water partition coefficient (Wildman–Crippen LogP) is 3.45. The number of carbonyl (C=O) groups excluding carboxylic acids is 1. The minimum atomic E-state index is -0.128. The predicted molar refractivity (Wildman–Crippen MR) is 79.2 cm³/mol. The van der Waals surface area contributed by atoms with Crippen LogP contribution in [-0.2, 0) is 4.79 Å². The quantitative estimate of drug-likeness (QED) is 0.917.